The zero-order chi connectivity index (χ0) is 10.8. The number of carbonyl (C=O) groups excluding carboxylic acids is 1. The molecule has 1 aliphatic carbocycles. The van der Waals surface area contributed by atoms with Crippen molar-refractivity contribution in [3.63, 3.8) is 0 Å². The molecule has 1 spiro atoms. The molecule has 2 unspecified atom stereocenters. The molecule has 0 radical (unpaired) electrons. The number of halogens is 1. The van der Waals surface area contributed by atoms with Crippen molar-refractivity contribution in [1.29, 1.82) is 0 Å². The Kier molecular flexibility index (Phi) is 1.64. The highest BCUT2D eigenvalue weighted by molar-refractivity contribution is 9.10. The summed E-state index contributed by atoms with van der Waals surface area (Å²) in [7, 11) is 1.81. The molecular weight excluding hydrogens is 256 g/mol. The van der Waals surface area contributed by atoms with E-state index in [4.69, 9.17) is 5.73 Å². The number of amides is 1. The number of hydrogen-bond donors (Lipinski definition) is 1. The Bertz CT molecular complexity index is 474. The van der Waals surface area contributed by atoms with Crippen LogP contribution >= 0.6 is 15.9 Å². The number of fused-ring (bicyclic) bond motifs is 2. The minimum absolute atomic E-state index is 0.00474. The van der Waals surface area contributed by atoms with Crippen LogP contribution in [0.1, 0.15) is 12.0 Å². The summed E-state index contributed by atoms with van der Waals surface area (Å²) in [5, 5.41) is 0. The first-order chi connectivity index (χ1) is 7.07. The Balaban J connectivity index is 2.24. The highest BCUT2D eigenvalue weighted by atomic mass is 79.9. The third-order valence-corrected chi connectivity index (χ3v) is 4.00. The molecule has 4 heteroatoms. The van der Waals surface area contributed by atoms with Gasteiger partial charge in [0.2, 0.25) is 5.91 Å². The fraction of sp³-hybridized carbons (Fsp3) is 0.364. The molecule has 2 atom stereocenters. The highest BCUT2D eigenvalue weighted by Gasteiger charge is 2.64. The topological polar surface area (TPSA) is 46.3 Å². The van der Waals surface area contributed by atoms with Gasteiger partial charge in [0.15, 0.2) is 0 Å². The lowest BCUT2D eigenvalue weighted by Crippen LogP contribution is -2.32. The molecule has 1 aliphatic heterocycles. The number of likely N-dealkylation sites (N-methyl/N-ethyl adjacent to an activating group) is 1. The predicted molar refractivity (Wildman–Crippen MR) is 61.8 cm³/mol. The molecule has 1 amide bonds. The number of anilines is 1. The summed E-state index contributed by atoms with van der Waals surface area (Å²) < 4.78 is 0.993. The lowest BCUT2D eigenvalue weighted by Gasteiger charge is -2.10. The molecule has 1 aromatic carbocycles. The van der Waals surface area contributed by atoms with E-state index in [1.165, 1.54) is 0 Å². The number of hydrogen-bond acceptors (Lipinski definition) is 2. The maximum absolute atomic E-state index is 12.1. The monoisotopic (exact) mass is 266 g/mol. The van der Waals surface area contributed by atoms with E-state index in [2.05, 4.69) is 15.9 Å². The fourth-order valence-corrected chi connectivity index (χ4v) is 2.88. The van der Waals surface area contributed by atoms with E-state index in [1.54, 1.807) is 4.90 Å². The molecular formula is C11H11BrN2O. The molecule has 15 heavy (non-hydrogen) atoms. The molecule has 2 aliphatic rings. The zero-order valence-electron chi connectivity index (χ0n) is 8.33. The second-order valence-electron chi connectivity index (χ2n) is 4.31. The van der Waals surface area contributed by atoms with Gasteiger partial charge in [0, 0.05) is 23.2 Å². The molecule has 2 N–H and O–H groups in total. The molecule has 1 fully saturated rings. The fourth-order valence-electron chi connectivity index (χ4n) is 2.53. The minimum Gasteiger partial charge on any atom is -0.326 e. The summed E-state index contributed by atoms with van der Waals surface area (Å²) in [5.41, 5.74) is 7.59. The van der Waals surface area contributed by atoms with E-state index in [0.29, 0.717) is 0 Å². The van der Waals surface area contributed by atoms with E-state index >= 15 is 0 Å². The first-order valence-corrected chi connectivity index (χ1v) is 5.70. The van der Waals surface area contributed by atoms with E-state index in [-0.39, 0.29) is 11.9 Å². The summed E-state index contributed by atoms with van der Waals surface area (Å²) in [5.74, 6) is 0.142. The van der Waals surface area contributed by atoms with Gasteiger partial charge in [0.1, 0.15) is 0 Å². The normalized spacial score (nSPS) is 32.3. The number of rotatable bonds is 0. The van der Waals surface area contributed by atoms with Gasteiger partial charge in [-0.2, -0.15) is 0 Å². The van der Waals surface area contributed by atoms with Crippen LogP contribution in [0.4, 0.5) is 5.69 Å². The number of nitrogens with zero attached hydrogens (tertiary/aromatic N) is 1. The third-order valence-electron chi connectivity index (χ3n) is 3.50. The van der Waals surface area contributed by atoms with E-state index < -0.39 is 5.41 Å². The molecule has 1 saturated carbocycles. The Morgan fingerprint density at radius 2 is 2.27 bits per heavy atom. The smallest absolute Gasteiger partial charge is 0.239 e. The van der Waals surface area contributed by atoms with Gasteiger partial charge in [-0.3, -0.25) is 4.79 Å². The average molecular weight is 267 g/mol. The van der Waals surface area contributed by atoms with Crippen molar-refractivity contribution in [1.82, 2.24) is 0 Å². The maximum atomic E-state index is 12.1. The number of benzene rings is 1. The first-order valence-electron chi connectivity index (χ1n) is 4.91. The van der Waals surface area contributed by atoms with Gasteiger partial charge in [0.25, 0.3) is 0 Å². The quantitative estimate of drug-likeness (QED) is 0.772. The van der Waals surface area contributed by atoms with Gasteiger partial charge in [-0.15, -0.1) is 0 Å². The molecule has 78 valence electrons. The second kappa shape index (κ2) is 2.62. The van der Waals surface area contributed by atoms with Crippen LogP contribution in [-0.4, -0.2) is 19.0 Å². The van der Waals surface area contributed by atoms with Crippen molar-refractivity contribution >= 4 is 27.5 Å². The van der Waals surface area contributed by atoms with Crippen molar-refractivity contribution in [2.24, 2.45) is 5.73 Å². The Labute approximate surface area is 96.4 Å². The van der Waals surface area contributed by atoms with E-state index in [0.717, 1.165) is 22.1 Å². The third kappa shape index (κ3) is 0.961. The molecule has 0 aromatic heterocycles. The molecule has 3 nitrogen and oxygen atoms in total. The standard InChI is InChI=1S/C11H11BrN2O/c1-14-8-4-6(12)2-3-7(8)11(10(14)15)5-9(11)13/h2-4,9H,5,13H2,1H3. The molecule has 1 aromatic rings. The van der Waals surface area contributed by atoms with Crippen molar-refractivity contribution in [2.45, 2.75) is 17.9 Å². The van der Waals surface area contributed by atoms with Crippen LogP contribution in [0.15, 0.2) is 22.7 Å². The van der Waals surface area contributed by atoms with Crippen LogP contribution in [0.2, 0.25) is 0 Å². The summed E-state index contributed by atoms with van der Waals surface area (Å²) in [6.45, 7) is 0. The second-order valence-corrected chi connectivity index (χ2v) is 5.22. The minimum atomic E-state index is -0.398. The molecule has 0 saturated heterocycles. The Morgan fingerprint density at radius 1 is 1.60 bits per heavy atom. The van der Waals surface area contributed by atoms with Gasteiger partial charge in [0.05, 0.1) is 5.41 Å². The Hall–Kier alpha value is -0.870. The molecule has 1 heterocycles. The summed E-state index contributed by atoms with van der Waals surface area (Å²) >= 11 is 3.42. The summed E-state index contributed by atoms with van der Waals surface area (Å²) in [4.78, 5) is 13.8. The van der Waals surface area contributed by atoms with Gasteiger partial charge in [-0.25, -0.2) is 0 Å². The number of nitrogens with two attached hydrogens (primary N) is 1. The summed E-state index contributed by atoms with van der Waals surface area (Å²) in [6.07, 6.45) is 0.783. The van der Waals surface area contributed by atoms with Crippen molar-refractivity contribution in [3.05, 3.63) is 28.2 Å². The lowest BCUT2D eigenvalue weighted by molar-refractivity contribution is -0.120. The van der Waals surface area contributed by atoms with Crippen molar-refractivity contribution in [2.75, 3.05) is 11.9 Å². The van der Waals surface area contributed by atoms with Crippen molar-refractivity contribution in [3.8, 4) is 0 Å². The molecule has 3 rings (SSSR count). The molecule has 0 bridgehead atoms. The van der Waals surface area contributed by atoms with Crippen LogP contribution < -0.4 is 10.6 Å². The van der Waals surface area contributed by atoms with Crippen molar-refractivity contribution < 1.29 is 4.79 Å². The SMILES string of the molecule is CN1C(=O)C2(CC2N)c2ccc(Br)cc21. The predicted octanol–water partition coefficient (Wildman–Crippen LogP) is 1.39. The van der Waals surface area contributed by atoms with E-state index in [1.807, 2.05) is 25.2 Å². The van der Waals surface area contributed by atoms with E-state index in [9.17, 15) is 4.79 Å². The lowest BCUT2D eigenvalue weighted by atomic mass is 9.97. The average Bonchev–Trinajstić information content (AvgIpc) is 2.84. The summed E-state index contributed by atoms with van der Waals surface area (Å²) in [6, 6.07) is 5.95. The van der Waals surface area contributed by atoms with Gasteiger partial charge in [-0.1, -0.05) is 22.0 Å². The van der Waals surface area contributed by atoms with Crippen LogP contribution in [0.25, 0.3) is 0 Å². The van der Waals surface area contributed by atoms with Gasteiger partial charge in [-0.05, 0) is 24.1 Å². The number of carbonyl (C=O) groups is 1. The van der Waals surface area contributed by atoms with Gasteiger partial charge < -0.3 is 10.6 Å². The first kappa shape index (κ1) is 9.36. The maximum Gasteiger partial charge on any atom is 0.239 e. The zero-order valence-corrected chi connectivity index (χ0v) is 9.91. The largest absolute Gasteiger partial charge is 0.326 e. The van der Waals surface area contributed by atoms with Crippen LogP contribution in [0.3, 0.4) is 0 Å². The van der Waals surface area contributed by atoms with Gasteiger partial charge >= 0.3 is 0 Å². The Morgan fingerprint density at radius 3 is 2.87 bits per heavy atom. The van der Waals surface area contributed by atoms with Crippen LogP contribution in [0.5, 0.6) is 0 Å². The van der Waals surface area contributed by atoms with Crippen LogP contribution in [0, 0.1) is 0 Å². The van der Waals surface area contributed by atoms with Crippen LogP contribution in [-0.2, 0) is 10.2 Å². The highest BCUT2D eigenvalue weighted by Crippen LogP contribution is 2.56.